The van der Waals surface area contributed by atoms with Gasteiger partial charge in [-0.3, -0.25) is 14.9 Å². The zero-order valence-corrected chi connectivity index (χ0v) is 12.7. The Kier molecular flexibility index (Phi) is 4.11. The van der Waals surface area contributed by atoms with Crippen molar-refractivity contribution < 1.29 is 19.2 Å². The highest BCUT2D eigenvalue weighted by molar-refractivity contribution is 6.02. The molecular weight excluding hydrogens is 314 g/mol. The van der Waals surface area contributed by atoms with Crippen molar-refractivity contribution in [3.05, 3.63) is 63.7 Å². The second-order valence-electron chi connectivity index (χ2n) is 4.98. The molecule has 1 aliphatic rings. The number of hydrazone groups is 1. The Hall–Kier alpha value is -3.42. The summed E-state index contributed by atoms with van der Waals surface area (Å²) >= 11 is 0. The quantitative estimate of drug-likeness (QED) is 0.528. The summed E-state index contributed by atoms with van der Waals surface area (Å²) in [5.74, 6) is 0.602. The number of nitro benzene ring substituents is 1. The highest BCUT2D eigenvalue weighted by Crippen LogP contribution is 2.32. The van der Waals surface area contributed by atoms with Crippen molar-refractivity contribution in [3.8, 4) is 11.5 Å². The number of para-hydroxylation sites is 1. The van der Waals surface area contributed by atoms with Crippen LogP contribution in [0, 0.1) is 10.1 Å². The van der Waals surface area contributed by atoms with E-state index in [1.165, 1.54) is 18.2 Å². The lowest BCUT2D eigenvalue weighted by Gasteiger charge is -2.04. The molecule has 0 radical (unpaired) electrons. The van der Waals surface area contributed by atoms with E-state index in [-0.39, 0.29) is 18.0 Å². The van der Waals surface area contributed by atoms with Gasteiger partial charge in [0.1, 0.15) is 5.56 Å². The van der Waals surface area contributed by atoms with Crippen molar-refractivity contribution in [2.45, 2.75) is 6.92 Å². The van der Waals surface area contributed by atoms with Crippen molar-refractivity contribution in [2.24, 2.45) is 5.10 Å². The van der Waals surface area contributed by atoms with Gasteiger partial charge in [-0.05, 0) is 31.2 Å². The van der Waals surface area contributed by atoms with E-state index in [1.807, 2.05) is 0 Å². The second-order valence-corrected chi connectivity index (χ2v) is 4.98. The van der Waals surface area contributed by atoms with E-state index in [0.717, 1.165) is 5.56 Å². The fourth-order valence-corrected chi connectivity index (χ4v) is 2.21. The molecule has 8 nitrogen and oxygen atoms in total. The molecule has 0 saturated heterocycles. The van der Waals surface area contributed by atoms with Gasteiger partial charge in [0.15, 0.2) is 11.5 Å². The third-order valence-corrected chi connectivity index (χ3v) is 3.46. The number of amides is 1. The highest BCUT2D eigenvalue weighted by atomic mass is 16.7. The molecule has 2 aromatic carbocycles. The van der Waals surface area contributed by atoms with Gasteiger partial charge in [-0.1, -0.05) is 12.1 Å². The molecule has 0 fully saturated rings. The van der Waals surface area contributed by atoms with Crippen molar-refractivity contribution in [1.82, 2.24) is 5.43 Å². The summed E-state index contributed by atoms with van der Waals surface area (Å²) < 4.78 is 10.5. The Morgan fingerprint density at radius 3 is 2.75 bits per heavy atom. The van der Waals surface area contributed by atoms with E-state index >= 15 is 0 Å². The monoisotopic (exact) mass is 327 g/mol. The van der Waals surface area contributed by atoms with Crippen LogP contribution in [-0.2, 0) is 0 Å². The normalized spacial score (nSPS) is 12.8. The highest BCUT2D eigenvalue weighted by Gasteiger charge is 2.19. The first-order chi connectivity index (χ1) is 11.6. The number of nitrogens with zero attached hydrogens (tertiary/aromatic N) is 2. The number of carbonyl (C=O) groups excluding carboxylic acids is 1. The van der Waals surface area contributed by atoms with Gasteiger partial charge in [0.2, 0.25) is 6.79 Å². The number of fused-ring (bicyclic) bond motifs is 1. The fraction of sp³-hybridized carbons (Fsp3) is 0.125. The number of rotatable bonds is 4. The summed E-state index contributed by atoms with van der Waals surface area (Å²) in [6, 6.07) is 11.0. The number of benzene rings is 2. The Bertz CT molecular complexity index is 847. The minimum absolute atomic E-state index is 0.0512. The molecule has 0 saturated carbocycles. The zero-order valence-electron chi connectivity index (χ0n) is 12.7. The average Bonchev–Trinajstić information content (AvgIpc) is 3.06. The maximum atomic E-state index is 12.1. The van der Waals surface area contributed by atoms with E-state index in [2.05, 4.69) is 10.5 Å². The van der Waals surface area contributed by atoms with Crippen LogP contribution < -0.4 is 14.9 Å². The summed E-state index contributed by atoms with van der Waals surface area (Å²) in [6.07, 6.45) is 0. The van der Waals surface area contributed by atoms with E-state index in [9.17, 15) is 14.9 Å². The number of nitro groups is 1. The minimum Gasteiger partial charge on any atom is -0.454 e. The van der Waals surface area contributed by atoms with Gasteiger partial charge in [-0.15, -0.1) is 0 Å². The Morgan fingerprint density at radius 1 is 1.21 bits per heavy atom. The molecule has 1 N–H and O–H groups in total. The number of ether oxygens (including phenoxy) is 2. The molecule has 0 atom stereocenters. The van der Waals surface area contributed by atoms with Crippen LogP contribution in [0.15, 0.2) is 47.6 Å². The number of carbonyl (C=O) groups is 1. The maximum Gasteiger partial charge on any atom is 0.282 e. The predicted octanol–water partition coefficient (Wildman–Crippen LogP) is 2.48. The topological polar surface area (TPSA) is 103 Å². The lowest BCUT2D eigenvalue weighted by atomic mass is 10.1. The molecule has 0 unspecified atom stereocenters. The van der Waals surface area contributed by atoms with Crippen LogP contribution in [0.3, 0.4) is 0 Å². The third kappa shape index (κ3) is 3.02. The summed E-state index contributed by atoms with van der Waals surface area (Å²) in [6.45, 7) is 1.88. The van der Waals surface area contributed by atoms with Crippen LogP contribution >= 0.6 is 0 Å². The van der Waals surface area contributed by atoms with Gasteiger partial charge >= 0.3 is 0 Å². The van der Waals surface area contributed by atoms with E-state index in [0.29, 0.717) is 17.2 Å². The molecule has 24 heavy (non-hydrogen) atoms. The van der Waals surface area contributed by atoms with Crippen LogP contribution in [-0.4, -0.2) is 23.3 Å². The summed E-state index contributed by atoms with van der Waals surface area (Å²) in [5, 5.41) is 15.0. The standard InChI is InChI=1S/C16H13N3O5/c1-10(11-6-7-14-15(8-11)24-9-23-14)17-18-16(20)12-4-2-3-5-13(12)19(21)22/h2-8H,9H2,1H3,(H,18,20)/b17-10+. The molecule has 0 spiro atoms. The van der Waals surface area contributed by atoms with Crippen molar-refractivity contribution in [2.75, 3.05) is 6.79 Å². The van der Waals surface area contributed by atoms with Crippen LogP contribution in [0.1, 0.15) is 22.8 Å². The fourth-order valence-electron chi connectivity index (χ4n) is 2.21. The zero-order chi connectivity index (χ0) is 17.1. The molecule has 1 amide bonds. The molecule has 1 aliphatic heterocycles. The summed E-state index contributed by atoms with van der Waals surface area (Å²) in [5.41, 5.74) is 3.28. The molecule has 1 heterocycles. The molecule has 3 rings (SSSR count). The minimum atomic E-state index is -0.651. The maximum absolute atomic E-state index is 12.1. The predicted molar refractivity (Wildman–Crippen MR) is 85.3 cm³/mol. The van der Waals surface area contributed by atoms with Gasteiger partial charge in [0.05, 0.1) is 10.6 Å². The first-order valence-electron chi connectivity index (χ1n) is 7.04. The lowest BCUT2D eigenvalue weighted by molar-refractivity contribution is -0.385. The number of hydrogen-bond donors (Lipinski definition) is 1. The van der Waals surface area contributed by atoms with Crippen molar-refractivity contribution >= 4 is 17.3 Å². The molecule has 2 aromatic rings. The molecule has 8 heteroatoms. The van der Waals surface area contributed by atoms with Gasteiger partial charge < -0.3 is 9.47 Å². The lowest BCUT2D eigenvalue weighted by Crippen LogP contribution is -2.20. The molecule has 0 aromatic heterocycles. The third-order valence-electron chi connectivity index (χ3n) is 3.46. The van der Waals surface area contributed by atoms with Gasteiger partial charge in [-0.2, -0.15) is 5.10 Å². The summed E-state index contributed by atoms with van der Waals surface area (Å²) in [7, 11) is 0. The SMILES string of the molecule is C/C(=N\NC(=O)c1ccccc1[N+](=O)[O-])c1ccc2c(c1)OCO2. The van der Waals surface area contributed by atoms with E-state index in [4.69, 9.17) is 9.47 Å². The van der Waals surface area contributed by atoms with E-state index in [1.54, 1.807) is 31.2 Å². The van der Waals surface area contributed by atoms with E-state index < -0.39 is 10.8 Å². The van der Waals surface area contributed by atoms with Crippen LogP contribution in [0.25, 0.3) is 0 Å². The first kappa shape index (κ1) is 15.5. The van der Waals surface area contributed by atoms with Crippen LogP contribution in [0.2, 0.25) is 0 Å². The van der Waals surface area contributed by atoms with Crippen LogP contribution in [0.4, 0.5) is 5.69 Å². The van der Waals surface area contributed by atoms with Gasteiger partial charge in [0.25, 0.3) is 11.6 Å². The van der Waals surface area contributed by atoms with Gasteiger partial charge in [-0.25, -0.2) is 5.43 Å². The van der Waals surface area contributed by atoms with Crippen LogP contribution in [0.5, 0.6) is 11.5 Å². The first-order valence-corrected chi connectivity index (χ1v) is 7.04. The molecule has 0 aliphatic carbocycles. The van der Waals surface area contributed by atoms with Gasteiger partial charge in [0, 0.05) is 11.6 Å². The Morgan fingerprint density at radius 2 is 1.96 bits per heavy atom. The molecular formula is C16H13N3O5. The Balaban J connectivity index is 1.78. The smallest absolute Gasteiger partial charge is 0.282 e. The number of nitrogens with one attached hydrogen (secondary N) is 1. The summed E-state index contributed by atoms with van der Waals surface area (Å²) in [4.78, 5) is 22.5. The Labute approximate surface area is 136 Å². The number of hydrogen-bond acceptors (Lipinski definition) is 6. The van der Waals surface area contributed by atoms with Crippen molar-refractivity contribution in [3.63, 3.8) is 0 Å². The average molecular weight is 327 g/mol. The van der Waals surface area contributed by atoms with Crippen molar-refractivity contribution in [1.29, 1.82) is 0 Å². The molecule has 122 valence electrons. The second kappa shape index (κ2) is 6.37. The molecule has 0 bridgehead atoms. The largest absolute Gasteiger partial charge is 0.454 e.